The van der Waals surface area contributed by atoms with Crippen LogP contribution in [0.5, 0.6) is 0 Å². The number of hydrogen-bond acceptors (Lipinski definition) is 3. The summed E-state index contributed by atoms with van der Waals surface area (Å²) in [5, 5.41) is 17.1. The van der Waals surface area contributed by atoms with Crippen molar-refractivity contribution in [1.82, 2.24) is 0 Å². The minimum Gasteiger partial charge on any atom is -0.396 e. The quantitative estimate of drug-likeness (QED) is 0.451. The van der Waals surface area contributed by atoms with Gasteiger partial charge >= 0.3 is 0 Å². The van der Waals surface area contributed by atoms with Crippen molar-refractivity contribution in [2.24, 2.45) is 5.41 Å². The first kappa shape index (κ1) is 12.9. The fourth-order valence-electron chi connectivity index (χ4n) is 1.29. The third-order valence-corrected chi connectivity index (χ3v) is 2.10. The van der Waals surface area contributed by atoms with Crippen LogP contribution in [0.2, 0.25) is 0 Å². The first-order valence-corrected chi connectivity index (χ1v) is 4.92. The van der Waals surface area contributed by atoms with Gasteiger partial charge in [0.1, 0.15) is 6.79 Å². The Morgan fingerprint density at radius 3 is 2.31 bits per heavy atom. The van der Waals surface area contributed by atoms with Gasteiger partial charge in [0, 0.05) is 6.61 Å². The predicted molar refractivity (Wildman–Crippen MR) is 52.4 cm³/mol. The maximum Gasteiger partial charge on any atom is 0.143 e. The summed E-state index contributed by atoms with van der Waals surface area (Å²) < 4.78 is 4.96. The van der Waals surface area contributed by atoms with E-state index in [1.54, 1.807) is 0 Å². The van der Waals surface area contributed by atoms with Crippen LogP contribution >= 0.6 is 0 Å². The van der Waals surface area contributed by atoms with Crippen molar-refractivity contribution in [1.29, 1.82) is 0 Å². The third kappa shape index (κ3) is 8.22. The van der Waals surface area contributed by atoms with Gasteiger partial charge < -0.3 is 14.9 Å². The van der Waals surface area contributed by atoms with Crippen molar-refractivity contribution in [2.75, 3.05) is 20.0 Å². The van der Waals surface area contributed by atoms with Crippen molar-refractivity contribution < 1.29 is 14.9 Å². The summed E-state index contributed by atoms with van der Waals surface area (Å²) in [5.41, 5.74) is 0.137. The summed E-state index contributed by atoms with van der Waals surface area (Å²) >= 11 is 0. The molecule has 0 bridgehead atoms. The molecule has 0 aliphatic rings. The van der Waals surface area contributed by atoms with Crippen molar-refractivity contribution >= 4 is 0 Å². The Kier molecular flexibility index (Phi) is 7.23. The molecular weight excluding hydrogens is 168 g/mol. The lowest BCUT2D eigenvalue weighted by molar-refractivity contribution is -0.0379. The molecule has 0 aromatic heterocycles. The van der Waals surface area contributed by atoms with Crippen LogP contribution in [-0.2, 0) is 4.74 Å². The Morgan fingerprint density at radius 2 is 1.77 bits per heavy atom. The number of hydrogen-bond donors (Lipinski definition) is 2. The maximum atomic E-state index is 8.58. The van der Waals surface area contributed by atoms with Crippen molar-refractivity contribution in [2.45, 2.75) is 39.5 Å². The van der Waals surface area contributed by atoms with Crippen LogP contribution in [0.15, 0.2) is 0 Å². The van der Waals surface area contributed by atoms with Gasteiger partial charge in [-0.1, -0.05) is 26.7 Å². The number of ether oxygens (including phenoxy) is 1. The molecule has 0 spiro atoms. The Labute approximate surface area is 80.7 Å². The predicted octanol–water partition coefficient (Wildman–Crippen LogP) is 1.53. The average Bonchev–Trinajstić information content (AvgIpc) is 2.09. The molecule has 0 rings (SSSR count). The lowest BCUT2D eigenvalue weighted by atomic mass is 9.88. The molecule has 0 radical (unpaired) electrons. The molecule has 0 unspecified atom stereocenters. The van der Waals surface area contributed by atoms with Gasteiger partial charge in [-0.2, -0.15) is 0 Å². The molecule has 3 heteroatoms. The van der Waals surface area contributed by atoms with E-state index >= 15 is 0 Å². The molecule has 0 atom stereocenters. The van der Waals surface area contributed by atoms with Gasteiger partial charge in [-0.25, -0.2) is 0 Å². The van der Waals surface area contributed by atoms with Gasteiger partial charge in [0.15, 0.2) is 0 Å². The molecule has 2 N–H and O–H groups in total. The summed E-state index contributed by atoms with van der Waals surface area (Å²) in [7, 11) is 0. The van der Waals surface area contributed by atoms with Crippen LogP contribution in [0.25, 0.3) is 0 Å². The minimum atomic E-state index is -0.194. The second-order valence-corrected chi connectivity index (χ2v) is 4.18. The first-order valence-electron chi connectivity index (χ1n) is 4.92. The van der Waals surface area contributed by atoms with E-state index < -0.39 is 0 Å². The van der Waals surface area contributed by atoms with E-state index in [-0.39, 0.29) is 18.8 Å². The van der Waals surface area contributed by atoms with Crippen molar-refractivity contribution in [3.05, 3.63) is 0 Å². The summed E-state index contributed by atoms with van der Waals surface area (Å²) in [5.74, 6) is 0. The fraction of sp³-hybridized carbons (Fsp3) is 1.00. The Bertz CT molecular complexity index is 113. The molecule has 0 amide bonds. The molecule has 0 saturated heterocycles. The smallest absolute Gasteiger partial charge is 0.143 e. The molecule has 0 saturated carbocycles. The summed E-state index contributed by atoms with van der Waals surface area (Å²) in [6.45, 7) is 4.94. The van der Waals surface area contributed by atoms with Crippen LogP contribution in [0.1, 0.15) is 39.5 Å². The molecule has 0 heterocycles. The SMILES string of the molecule is CC(C)(CCCCCO)COCO. The Balaban J connectivity index is 3.39. The zero-order chi connectivity index (χ0) is 10.2. The van der Waals surface area contributed by atoms with Crippen molar-refractivity contribution in [3.63, 3.8) is 0 Å². The van der Waals surface area contributed by atoms with Crippen LogP contribution in [0.4, 0.5) is 0 Å². The van der Waals surface area contributed by atoms with Gasteiger partial charge in [-0.15, -0.1) is 0 Å². The number of aliphatic hydroxyl groups excluding tert-OH is 2. The van der Waals surface area contributed by atoms with Crippen LogP contribution in [0, 0.1) is 5.41 Å². The number of aliphatic hydroxyl groups is 2. The second kappa shape index (κ2) is 7.30. The molecule has 0 aromatic rings. The molecule has 0 aliphatic heterocycles. The Morgan fingerprint density at radius 1 is 1.08 bits per heavy atom. The molecule has 13 heavy (non-hydrogen) atoms. The summed E-state index contributed by atoms with van der Waals surface area (Å²) in [4.78, 5) is 0. The lowest BCUT2D eigenvalue weighted by Gasteiger charge is -2.23. The van der Waals surface area contributed by atoms with E-state index in [0.29, 0.717) is 6.61 Å². The van der Waals surface area contributed by atoms with E-state index in [4.69, 9.17) is 14.9 Å². The molecular formula is C10H22O3. The standard InChI is InChI=1S/C10H22O3/c1-10(2,8-13-9-12)6-4-3-5-7-11/h11-12H,3-9H2,1-2H3. The molecule has 0 aliphatic carbocycles. The maximum absolute atomic E-state index is 8.58. The Hall–Kier alpha value is -0.120. The van der Waals surface area contributed by atoms with Gasteiger partial charge in [0.05, 0.1) is 6.61 Å². The van der Waals surface area contributed by atoms with Gasteiger partial charge in [0.2, 0.25) is 0 Å². The zero-order valence-corrected chi connectivity index (χ0v) is 8.75. The largest absolute Gasteiger partial charge is 0.396 e. The molecule has 0 aromatic carbocycles. The summed E-state index contributed by atoms with van der Waals surface area (Å²) in [6.07, 6.45) is 4.14. The van der Waals surface area contributed by atoms with E-state index in [1.807, 2.05) is 0 Å². The van der Waals surface area contributed by atoms with Crippen LogP contribution in [0.3, 0.4) is 0 Å². The topological polar surface area (TPSA) is 49.7 Å². The molecule has 80 valence electrons. The van der Waals surface area contributed by atoms with E-state index in [2.05, 4.69) is 13.8 Å². The van der Waals surface area contributed by atoms with Crippen LogP contribution in [-0.4, -0.2) is 30.2 Å². The number of rotatable bonds is 8. The monoisotopic (exact) mass is 190 g/mol. The van der Waals surface area contributed by atoms with E-state index in [9.17, 15) is 0 Å². The second-order valence-electron chi connectivity index (χ2n) is 4.18. The summed E-state index contributed by atoms with van der Waals surface area (Å²) in [6, 6.07) is 0. The highest BCUT2D eigenvalue weighted by Crippen LogP contribution is 2.23. The highest BCUT2D eigenvalue weighted by molar-refractivity contribution is 4.67. The third-order valence-electron chi connectivity index (χ3n) is 2.10. The molecule has 3 nitrogen and oxygen atoms in total. The van der Waals surface area contributed by atoms with Crippen molar-refractivity contribution in [3.8, 4) is 0 Å². The van der Waals surface area contributed by atoms with Gasteiger partial charge in [-0.3, -0.25) is 0 Å². The minimum absolute atomic E-state index is 0.137. The normalized spacial score (nSPS) is 12.0. The van der Waals surface area contributed by atoms with E-state index in [0.717, 1.165) is 25.7 Å². The molecule has 0 fully saturated rings. The van der Waals surface area contributed by atoms with Gasteiger partial charge in [-0.05, 0) is 18.3 Å². The highest BCUT2D eigenvalue weighted by atomic mass is 16.6. The highest BCUT2D eigenvalue weighted by Gasteiger charge is 2.16. The van der Waals surface area contributed by atoms with Gasteiger partial charge in [0.25, 0.3) is 0 Å². The van der Waals surface area contributed by atoms with Crippen LogP contribution < -0.4 is 0 Å². The zero-order valence-electron chi connectivity index (χ0n) is 8.75. The average molecular weight is 190 g/mol. The first-order chi connectivity index (χ1) is 6.12. The number of unbranched alkanes of at least 4 members (excludes halogenated alkanes) is 2. The fourth-order valence-corrected chi connectivity index (χ4v) is 1.29. The lowest BCUT2D eigenvalue weighted by Crippen LogP contribution is -2.19. The van der Waals surface area contributed by atoms with E-state index in [1.165, 1.54) is 0 Å².